The zero-order chi connectivity index (χ0) is 16.8. The van der Waals surface area contributed by atoms with Crippen LogP contribution in [0.3, 0.4) is 0 Å². The first-order chi connectivity index (χ1) is 11.7. The Morgan fingerprint density at radius 2 is 2.08 bits per heavy atom. The maximum atomic E-state index is 11.9. The molecule has 0 saturated carbocycles. The van der Waals surface area contributed by atoms with Gasteiger partial charge in [-0.1, -0.05) is 18.2 Å². The molecule has 0 radical (unpaired) electrons. The van der Waals surface area contributed by atoms with E-state index in [-0.39, 0.29) is 6.03 Å². The molecule has 0 bridgehead atoms. The van der Waals surface area contributed by atoms with Gasteiger partial charge in [0.2, 0.25) is 0 Å². The zero-order valence-electron chi connectivity index (χ0n) is 14.1. The molecule has 0 aliphatic carbocycles. The number of carbonyl (C=O) groups excluding carboxylic acids is 1. The second-order valence-corrected chi connectivity index (χ2v) is 7.36. The summed E-state index contributed by atoms with van der Waals surface area (Å²) in [5.41, 5.74) is 1.98. The van der Waals surface area contributed by atoms with Crippen LogP contribution in [0.1, 0.15) is 29.2 Å². The molecule has 5 heteroatoms. The minimum absolute atomic E-state index is 0.130. The van der Waals surface area contributed by atoms with Gasteiger partial charge in [0.15, 0.2) is 0 Å². The lowest BCUT2D eigenvalue weighted by Crippen LogP contribution is -2.40. The number of hydrogen-bond acceptors (Lipinski definition) is 3. The summed E-state index contributed by atoms with van der Waals surface area (Å²) in [4.78, 5) is 15.9. The number of rotatable bonds is 5. The number of carbonyl (C=O) groups is 1. The molecule has 1 aromatic carbocycles. The monoisotopic (exact) mass is 343 g/mol. The van der Waals surface area contributed by atoms with Crippen LogP contribution >= 0.6 is 11.3 Å². The van der Waals surface area contributed by atoms with Crippen molar-refractivity contribution >= 4 is 23.1 Å². The normalized spacial score (nSPS) is 16.0. The fourth-order valence-electron chi connectivity index (χ4n) is 3.19. The predicted octanol–water partition coefficient (Wildman–Crippen LogP) is 4.06. The van der Waals surface area contributed by atoms with Crippen molar-refractivity contribution in [3.05, 3.63) is 52.2 Å². The van der Waals surface area contributed by atoms with E-state index >= 15 is 0 Å². The summed E-state index contributed by atoms with van der Waals surface area (Å²) < 4.78 is 0. The standard InChI is InChI=1S/C19H25N3OS/c1-15-4-2-5-17(14-15)21-19(23)20-9-12-22-10-7-16(8-11-22)18-6-3-13-24-18/h2-6,13-14,16H,7-12H2,1H3,(H2,20,21,23). The highest BCUT2D eigenvalue weighted by molar-refractivity contribution is 7.10. The Morgan fingerprint density at radius 3 is 2.79 bits per heavy atom. The van der Waals surface area contributed by atoms with Gasteiger partial charge >= 0.3 is 6.03 Å². The molecule has 24 heavy (non-hydrogen) atoms. The lowest BCUT2D eigenvalue weighted by atomic mass is 9.95. The van der Waals surface area contributed by atoms with E-state index in [9.17, 15) is 4.79 Å². The molecular formula is C19H25N3OS. The van der Waals surface area contributed by atoms with Gasteiger partial charge in [0.25, 0.3) is 0 Å². The fraction of sp³-hybridized carbons (Fsp3) is 0.421. The molecule has 1 aliphatic heterocycles. The first-order valence-corrected chi connectivity index (χ1v) is 9.46. The Kier molecular flexibility index (Phi) is 5.88. The smallest absolute Gasteiger partial charge is 0.319 e. The molecule has 1 saturated heterocycles. The van der Waals surface area contributed by atoms with E-state index in [1.54, 1.807) is 0 Å². The summed E-state index contributed by atoms with van der Waals surface area (Å²) in [6.45, 7) is 5.84. The van der Waals surface area contributed by atoms with Gasteiger partial charge in [-0.2, -0.15) is 0 Å². The topological polar surface area (TPSA) is 44.4 Å². The third-order valence-electron chi connectivity index (χ3n) is 4.52. The van der Waals surface area contributed by atoms with Crippen molar-refractivity contribution < 1.29 is 4.79 Å². The average molecular weight is 343 g/mol. The number of thiophene rings is 1. The van der Waals surface area contributed by atoms with E-state index in [1.165, 1.54) is 17.7 Å². The Hall–Kier alpha value is -1.85. The molecule has 0 atom stereocenters. The van der Waals surface area contributed by atoms with Crippen molar-refractivity contribution in [1.29, 1.82) is 0 Å². The third-order valence-corrected chi connectivity index (χ3v) is 5.56. The van der Waals surface area contributed by atoms with Gasteiger partial charge in [-0.25, -0.2) is 4.79 Å². The number of urea groups is 1. The number of amides is 2. The highest BCUT2D eigenvalue weighted by Crippen LogP contribution is 2.30. The second kappa shape index (κ2) is 8.31. The quantitative estimate of drug-likeness (QED) is 0.860. The molecule has 0 spiro atoms. The Bertz CT molecular complexity index is 648. The lowest BCUT2D eigenvalue weighted by Gasteiger charge is -2.31. The molecule has 4 nitrogen and oxygen atoms in total. The molecule has 128 valence electrons. The van der Waals surface area contributed by atoms with Gasteiger partial charge in [0, 0.05) is 23.7 Å². The average Bonchev–Trinajstić information content (AvgIpc) is 3.10. The van der Waals surface area contributed by atoms with Crippen molar-refractivity contribution in [2.24, 2.45) is 0 Å². The van der Waals surface area contributed by atoms with Crippen LogP contribution in [0.5, 0.6) is 0 Å². The number of likely N-dealkylation sites (tertiary alicyclic amines) is 1. The van der Waals surface area contributed by atoms with E-state index < -0.39 is 0 Å². The summed E-state index contributed by atoms with van der Waals surface area (Å²) >= 11 is 1.87. The maximum absolute atomic E-state index is 11.9. The van der Waals surface area contributed by atoms with Gasteiger partial charge < -0.3 is 15.5 Å². The number of hydrogen-bond donors (Lipinski definition) is 2. The van der Waals surface area contributed by atoms with E-state index in [1.807, 2.05) is 42.5 Å². The van der Waals surface area contributed by atoms with E-state index in [4.69, 9.17) is 0 Å². The van der Waals surface area contributed by atoms with Crippen LogP contribution in [0.15, 0.2) is 41.8 Å². The first kappa shape index (κ1) is 17.0. The van der Waals surface area contributed by atoms with Gasteiger partial charge in [-0.3, -0.25) is 0 Å². The second-order valence-electron chi connectivity index (χ2n) is 6.38. The van der Waals surface area contributed by atoms with Crippen molar-refractivity contribution in [2.45, 2.75) is 25.7 Å². The van der Waals surface area contributed by atoms with Crippen molar-refractivity contribution in [3.63, 3.8) is 0 Å². The minimum atomic E-state index is -0.130. The molecule has 2 aromatic rings. The van der Waals surface area contributed by atoms with Crippen LogP contribution in [0.4, 0.5) is 10.5 Å². The van der Waals surface area contributed by atoms with E-state index in [0.717, 1.165) is 36.8 Å². The van der Waals surface area contributed by atoms with Crippen LogP contribution in [0, 0.1) is 6.92 Å². The number of nitrogens with zero attached hydrogens (tertiary/aromatic N) is 1. The van der Waals surface area contributed by atoms with E-state index in [0.29, 0.717) is 6.54 Å². The van der Waals surface area contributed by atoms with Crippen LogP contribution < -0.4 is 10.6 Å². The number of anilines is 1. The maximum Gasteiger partial charge on any atom is 0.319 e. The van der Waals surface area contributed by atoms with Gasteiger partial charge in [0.1, 0.15) is 0 Å². The Morgan fingerprint density at radius 1 is 1.25 bits per heavy atom. The van der Waals surface area contributed by atoms with Crippen molar-refractivity contribution in [1.82, 2.24) is 10.2 Å². The molecule has 3 rings (SSSR count). The van der Waals surface area contributed by atoms with E-state index in [2.05, 4.69) is 33.0 Å². The first-order valence-electron chi connectivity index (χ1n) is 8.58. The molecule has 1 aromatic heterocycles. The van der Waals surface area contributed by atoms with Gasteiger partial charge in [0.05, 0.1) is 0 Å². The summed E-state index contributed by atoms with van der Waals surface area (Å²) in [6, 6.07) is 12.1. The van der Waals surface area contributed by atoms with Gasteiger partial charge in [-0.15, -0.1) is 11.3 Å². The van der Waals surface area contributed by atoms with Crippen molar-refractivity contribution in [3.8, 4) is 0 Å². The molecule has 2 heterocycles. The van der Waals surface area contributed by atoms with Crippen LogP contribution in [0.25, 0.3) is 0 Å². The molecule has 0 unspecified atom stereocenters. The summed E-state index contributed by atoms with van der Waals surface area (Å²) in [5, 5.41) is 7.99. The largest absolute Gasteiger partial charge is 0.337 e. The Labute approximate surface area is 147 Å². The predicted molar refractivity (Wildman–Crippen MR) is 101 cm³/mol. The summed E-state index contributed by atoms with van der Waals surface area (Å²) in [6.07, 6.45) is 2.44. The molecule has 1 fully saturated rings. The molecule has 2 amide bonds. The van der Waals surface area contributed by atoms with Gasteiger partial charge in [-0.05, 0) is 67.9 Å². The van der Waals surface area contributed by atoms with Crippen molar-refractivity contribution in [2.75, 3.05) is 31.5 Å². The number of aryl methyl sites for hydroxylation is 1. The highest BCUT2D eigenvalue weighted by Gasteiger charge is 2.20. The molecular weight excluding hydrogens is 318 g/mol. The zero-order valence-corrected chi connectivity index (χ0v) is 14.9. The Balaban J connectivity index is 1.34. The molecule has 2 N–H and O–H groups in total. The number of piperidine rings is 1. The fourth-order valence-corrected chi connectivity index (χ4v) is 4.09. The number of benzene rings is 1. The molecule has 1 aliphatic rings. The summed E-state index contributed by atoms with van der Waals surface area (Å²) in [5.74, 6) is 0.721. The lowest BCUT2D eigenvalue weighted by molar-refractivity contribution is 0.212. The minimum Gasteiger partial charge on any atom is -0.337 e. The highest BCUT2D eigenvalue weighted by atomic mass is 32.1. The number of nitrogens with one attached hydrogen (secondary N) is 2. The third kappa shape index (κ3) is 4.82. The van der Waals surface area contributed by atoms with Crippen LogP contribution in [-0.4, -0.2) is 37.1 Å². The van der Waals surface area contributed by atoms with Crippen LogP contribution in [-0.2, 0) is 0 Å². The summed E-state index contributed by atoms with van der Waals surface area (Å²) in [7, 11) is 0. The SMILES string of the molecule is Cc1cccc(NC(=O)NCCN2CCC(c3cccs3)CC2)c1. The van der Waals surface area contributed by atoms with Crippen LogP contribution in [0.2, 0.25) is 0 Å².